The zero-order valence-electron chi connectivity index (χ0n) is 36.5. The number of para-hydroxylation sites is 2. The highest BCUT2D eigenvalue weighted by molar-refractivity contribution is 6.45. The molecule has 0 radical (unpaired) electrons. The van der Waals surface area contributed by atoms with Crippen molar-refractivity contribution in [1.29, 1.82) is 0 Å². The molecule has 0 atom stereocenters. The summed E-state index contributed by atoms with van der Waals surface area (Å²) in [5.74, 6) is 0. The fourth-order valence-electron chi connectivity index (χ4n) is 12.1. The second-order valence-electron chi connectivity index (χ2n) is 23.1. The van der Waals surface area contributed by atoms with Gasteiger partial charge in [0.2, 0.25) is 0 Å². The Hall–Kier alpha value is -4.30. The molecular formula is C54H60N2. The van der Waals surface area contributed by atoms with Crippen LogP contribution in [0.4, 0.5) is 0 Å². The number of aromatic nitrogens is 2. The third-order valence-electron chi connectivity index (χ3n) is 15.5. The van der Waals surface area contributed by atoms with Gasteiger partial charge in [-0.2, -0.15) is 0 Å². The van der Waals surface area contributed by atoms with E-state index in [4.69, 9.17) is 0 Å². The molecule has 2 nitrogen and oxygen atoms in total. The average molecular weight is 737 g/mol. The lowest BCUT2D eigenvalue weighted by molar-refractivity contribution is 0.332. The Bertz CT molecular complexity index is 2970. The van der Waals surface area contributed by atoms with Crippen LogP contribution in [0.1, 0.15) is 156 Å². The smallest absolute Gasteiger partial charge is 0.0634 e. The van der Waals surface area contributed by atoms with Crippen LogP contribution in [0, 0.1) is 0 Å². The molecule has 286 valence electrons. The molecule has 4 heterocycles. The standard InChI is InChI=1S/C54H60N2/c1-49(2,3)33-19-15-17-29-41-43-32-26-36-38(54(13,14)24-22-52(36,9)10)28-40(32)56-46-30(18-16-20-34(46)50(4,5)6)42(48(43)56)44-31-25-35-37(53(11,12)23-21-51(35,7)8)27-39(31)55(45(29)33)47(41)44/h15-20,25-28H,21-24H2,1-14H3. The first kappa shape index (κ1) is 34.9. The molecule has 4 aromatic heterocycles. The van der Waals surface area contributed by atoms with Gasteiger partial charge in [-0.1, -0.05) is 133 Å². The van der Waals surface area contributed by atoms with Crippen molar-refractivity contribution in [3.05, 3.63) is 94.0 Å². The van der Waals surface area contributed by atoms with E-state index < -0.39 is 0 Å². The van der Waals surface area contributed by atoms with E-state index in [2.05, 4.69) is 166 Å². The lowest BCUT2D eigenvalue weighted by Gasteiger charge is -2.42. The maximum absolute atomic E-state index is 2.75. The zero-order valence-corrected chi connectivity index (χ0v) is 36.5. The van der Waals surface area contributed by atoms with Crippen LogP contribution in [-0.2, 0) is 32.5 Å². The van der Waals surface area contributed by atoms with E-state index in [1.54, 1.807) is 11.1 Å². The van der Waals surface area contributed by atoms with Gasteiger partial charge >= 0.3 is 0 Å². The SMILES string of the molecule is CC(C)(C)c1cccc2c3c4c5cc6c(cc5n5c7c(C(C)(C)C)cccc7c(c7c8cc9c(cc8n(c12)c73)C(C)(C)CCC9(C)C)c45)C(C)(C)CCC6(C)C. The predicted octanol–water partition coefficient (Wildman–Crippen LogP) is 15.3. The Kier molecular flexibility index (Phi) is 6.26. The van der Waals surface area contributed by atoms with Crippen molar-refractivity contribution in [1.82, 2.24) is 8.80 Å². The zero-order chi connectivity index (χ0) is 39.6. The average Bonchev–Trinajstić information content (AvgIpc) is 3.83. The fourth-order valence-corrected chi connectivity index (χ4v) is 12.1. The van der Waals surface area contributed by atoms with E-state index in [9.17, 15) is 0 Å². The first-order valence-corrected chi connectivity index (χ1v) is 21.6. The third kappa shape index (κ3) is 4.09. The number of hydrogen-bond acceptors (Lipinski definition) is 0. The quantitative estimate of drug-likeness (QED) is 0.147. The van der Waals surface area contributed by atoms with Gasteiger partial charge in [0.1, 0.15) is 0 Å². The van der Waals surface area contributed by atoms with Gasteiger partial charge in [-0.25, -0.2) is 0 Å². The summed E-state index contributed by atoms with van der Waals surface area (Å²) in [7, 11) is 0. The van der Waals surface area contributed by atoms with E-state index in [0.717, 1.165) is 0 Å². The van der Waals surface area contributed by atoms with Crippen molar-refractivity contribution in [3.8, 4) is 0 Å². The largest absolute Gasteiger partial charge is 0.308 e. The molecule has 0 N–H and O–H groups in total. The molecular weight excluding hydrogens is 677 g/mol. The molecule has 0 spiro atoms. The van der Waals surface area contributed by atoms with Crippen molar-refractivity contribution in [2.75, 3.05) is 0 Å². The van der Waals surface area contributed by atoms with Gasteiger partial charge in [-0.3, -0.25) is 0 Å². The minimum atomic E-state index is -0.0261. The van der Waals surface area contributed by atoms with Crippen molar-refractivity contribution >= 4 is 76.2 Å². The lowest BCUT2D eigenvalue weighted by Crippen LogP contribution is -2.33. The van der Waals surface area contributed by atoms with E-state index in [1.165, 1.54) is 124 Å². The van der Waals surface area contributed by atoms with Gasteiger partial charge in [-0.05, 0) is 116 Å². The van der Waals surface area contributed by atoms with Crippen LogP contribution >= 0.6 is 0 Å². The normalized spacial score (nSPS) is 19.5. The van der Waals surface area contributed by atoms with Gasteiger partial charge in [0.25, 0.3) is 0 Å². The molecule has 0 saturated heterocycles. The number of benzene rings is 5. The molecule has 0 fully saturated rings. The Labute approximate surface area is 332 Å². The molecule has 0 bridgehead atoms. The maximum Gasteiger partial charge on any atom is 0.0634 e. The highest BCUT2D eigenvalue weighted by Gasteiger charge is 2.41. The summed E-state index contributed by atoms with van der Waals surface area (Å²) in [5, 5.41) is 11.4. The summed E-state index contributed by atoms with van der Waals surface area (Å²) in [6, 6.07) is 25.0. The van der Waals surface area contributed by atoms with Crippen molar-refractivity contribution in [2.24, 2.45) is 0 Å². The van der Waals surface area contributed by atoms with Crippen molar-refractivity contribution < 1.29 is 0 Å². The second kappa shape index (κ2) is 10.0. The van der Waals surface area contributed by atoms with Crippen LogP contribution in [0.2, 0.25) is 0 Å². The summed E-state index contributed by atoms with van der Waals surface area (Å²) in [4.78, 5) is 0. The van der Waals surface area contributed by atoms with Crippen molar-refractivity contribution in [3.63, 3.8) is 0 Å². The van der Waals surface area contributed by atoms with Crippen molar-refractivity contribution in [2.45, 2.75) is 155 Å². The lowest BCUT2D eigenvalue weighted by atomic mass is 9.63. The molecule has 2 heteroatoms. The minimum absolute atomic E-state index is 0.0261. The van der Waals surface area contributed by atoms with Gasteiger partial charge < -0.3 is 8.80 Å². The Balaban J connectivity index is 1.52. The minimum Gasteiger partial charge on any atom is -0.308 e. The Morgan fingerprint density at radius 3 is 1.02 bits per heavy atom. The van der Waals surface area contributed by atoms with Crippen LogP contribution in [-0.4, -0.2) is 8.80 Å². The molecule has 0 amide bonds. The summed E-state index contributed by atoms with van der Waals surface area (Å²) in [5.41, 5.74) is 17.8. The summed E-state index contributed by atoms with van der Waals surface area (Å²) in [6.45, 7) is 34.3. The highest BCUT2D eigenvalue weighted by Crippen LogP contribution is 2.57. The Morgan fingerprint density at radius 1 is 0.393 bits per heavy atom. The summed E-state index contributed by atoms with van der Waals surface area (Å²) >= 11 is 0. The number of rotatable bonds is 0. The molecule has 11 rings (SSSR count). The summed E-state index contributed by atoms with van der Waals surface area (Å²) in [6.07, 6.45) is 4.83. The van der Waals surface area contributed by atoms with Gasteiger partial charge in [0, 0.05) is 43.1 Å². The number of nitrogens with zero attached hydrogens (tertiary/aromatic N) is 2. The number of hydrogen-bond donors (Lipinski definition) is 0. The predicted molar refractivity (Wildman–Crippen MR) is 244 cm³/mol. The maximum atomic E-state index is 2.75. The molecule has 2 aliphatic rings. The molecule has 0 aliphatic heterocycles. The van der Waals surface area contributed by atoms with E-state index >= 15 is 0 Å². The van der Waals surface area contributed by atoms with Crippen LogP contribution in [0.15, 0.2) is 60.7 Å². The first-order valence-electron chi connectivity index (χ1n) is 21.6. The fraction of sp³-hybridized carbons (Fsp3) is 0.444. The molecule has 5 aromatic carbocycles. The van der Waals surface area contributed by atoms with E-state index in [-0.39, 0.29) is 32.5 Å². The Morgan fingerprint density at radius 2 is 0.696 bits per heavy atom. The molecule has 56 heavy (non-hydrogen) atoms. The topological polar surface area (TPSA) is 8.82 Å². The molecule has 0 unspecified atom stereocenters. The second-order valence-corrected chi connectivity index (χ2v) is 23.1. The third-order valence-corrected chi connectivity index (χ3v) is 15.5. The molecule has 9 aromatic rings. The van der Waals surface area contributed by atoms with Gasteiger partial charge in [0.15, 0.2) is 0 Å². The van der Waals surface area contributed by atoms with Crippen LogP contribution in [0.5, 0.6) is 0 Å². The van der Waals surface area contributed by atoms with Gasteiger partial charge in [-0.15, -0.1) is 0 Å². The van der Waals surface area contributed by atoms with Crippen LogP contribution in [0.3, 0.4) is 0 Å². The van der Waals surface area contributed by atoms with E-state index in [1.807, 2.05) is 0 Å². The summed E-state index contributed by atoms with van der Waals surface area (Å²) < 4.78 is 5.51. The molecule has 0 saturated carbocycles. The van der Waals surface area contributed by atoms with Crippen LogP contribution < -0.4 is 0 Å². The van der Waals surface area contributed by atoms with Crippen LogP contribution in [0.25, 0.3) is 76.2 Å². The molecule has 2 aliphatic carbocycles. The highest BCUT2D eigenvalue weighted by atomic mass is 15.0. The van der Waals surface area contributed by atoms with Gasteiger partial charge in [0.05, 0.1) is 33.1 Å². The van der Waals surface area contributed by atoms with E-state index in [0.29, 0.717) is 0 Å². The first-order chi connectivity index (χ1) is 26.0. The monoisotopic (exact) mass is 736 g/mol. The number of fused-ring (bicyclic) bond motifs is 16.